The molecule has 0 atom stereocenters. The van der Waals surface area contributed by atoms with Crippen LogP contribution < -0.4 is 5.49 Å². The molecule has 2 heterocycles. The van der Waals surface area contributed by atoms with Crippen molar-refractivity contribution in [1.29, 1.82) is 0 Å². The zero-order chi connectivity index (χ0) is 23.7. The molecule has 2 aromatic rings. The summed E-state index contributed by atoms with van der Waals surface area (Å²) in [5.74, 6) is 0.368. The summed E-state index contributed by atoms with van der Waals surface area (Å²) in [5.41, 5.74) is 4.61. The standard InChI is InChI=1S/C13H17Br2NO2.C9H13N5/c1-9(17)16(2)6-5-10-3-4-11(8-14)13(18)12(15)7-10;1-3-4-10-8-7-9(12-5-11-7)14(2)6-13-8/h3,7,18H,4-6,8H2,1-2H3;5-6H,3-4H2,1-2H3,(H,11,12). The maximum Gasteiger partial charge on any atom is 0.219 e. The number of hydrogen-bond acceptors (Lipinski definition) is 5. The Morgan fingerprint density at radius 3 is 2.81 bits per heavy atom. The van der Waals surface area contributed by atoms with Crippen molar-refractivity contribution in [2.75, 3.05) is 25.5 Å². The van der Waals surface area contributed by atoms with Crippen molar-refractivity contribution >= 4 is 48.9 Å². The van der Waals surface area contributed by atoms with Crippen LogP contribution >= 0.6 is 31.9 Å². The summed E-state index contributed by atoms with van der Waals surface area (Å²) in [4.78, 5) is 28.7. The first-order chi connectivity index (χ1) is 15.3. The van der Waals surface area contributed by atoms with Crippen LogP contribution in [0.25, 0.3) is 11.2 Å². The van der Waals surface area contributed by atoms with Crippen molar-refractivity contribution in [3.05, 3.63) is 51.7 Å². The Hall–Kier alpha value is -2.20. The Labute approximate surface area is 205 Å². The molecule has 0 spiro atoms. The van der Waals surface area contributed by atoms with Crippen LogP contribution in [-0.4, -0.2) is 60.9 Å². The summed E-state index contributed by atoms with van der Waals surface area (Å²) in [6.07, 6.45) is 9.94. The second-order valence-corrected chi connectivity index (χ2v) is 8.83. The number of aliphatic hydroxyl groups is 1. The van der Waals surface area contributed by atoms with E-state index in [-0.39, 0.29) is 5.91 Å². The number of imidazole rings is 1. The minimum Gasteiger partial charge on any atom is -0.507 e. The van der Waals surface area contributed by atoms with Crippen molar-refractivity contribution in [3.8, 4) is 0 Å². The number of nitrogens with zero attached hydrogens (tertiary/aromatic N) is 5. The van der Waals surface area contributed by atoms with Crippen LogP contribution in [0.2, 0.25) is 0 Å². The van der Waals surface area contributed by atoms with Crippen LogP contribution in [0.4, 0.5) is 0 Å². The molecule has 32 heavy (non-hydrogen) atoms. The minimum absolute atomic E-state index is 0.0642. The van der Waals surface area contributed by atoms with E-state index in [1.807, 2.05) is 17.7 Å². The van der Waals surface area contributed by atoms with Crippen LogP contribution in [0, 0.1) is 0 Å². The number of fused-ring (bicyclic) bond motifs is 1. The van der Waals surface area contributed by atoms with Crippen molar-refractivity contribution in [2.24, 2.45) is 12.0 Å². The van der Waals surface area contributed by atoms with Gasteiger partial charge in [0.15, 0.2) is 11.1 Å². The average Bonchev–Trinajstić information content (AvgIpc) is 3.23. The van der Waals surface area contributed by atoms with Gasteiger partial charge in [0.05, 0.1) is 17.1 Å². The lowest BCUT2D eigenvalue weighted by atomic mass is 10.1. The number of carbonyl (C=O) groups excluding carboxylic acids is 1. The molecule has 2 N–H and O–H groups in total. The molecule has 0 saturated heterocycles. The van der Waals surface area contributed by atoms with Crippen molar-refractivity contribution in [2.45, 2.75) is 33.1 Å². The zero-order valence-electron chi connectivity index (χ0n) is 18.9. The van der Waals surface area contributed by atoms with Gasteiger partial charge >= 0.3 is 0 Å². The largest absolute Gasteiger partial charge is 0.507 e. The first-order valence-electron chi connectivity index (χ1n) is 10.4. The molecule has 0 saturated carbocycles. The summed E-state index contributed by atoms with van der Waals surface area (Å²) in [6.45, 7) is 5.14. The summed E-state index contributed by atoms with van der Waals surface area (Å²) in [5, 5.41) is 10.6. The lowest BCUT2D eigenvalue weighted by Crippen LogP contribution is -2.24. The molecular formula is C22H30Br2N6O2. The molecule has 174 valence electrons. The van der Waals surface area contributed by atoms with Crippen LogP contribution in [-0.2, 0) is 11.8 Å². The lowest BCUT2D eigenvalue weighted by Gasteiger charge is -2.14. The molecule has 1 aliphatic rings. The number of halogens is 2. The molecule has 0 bridgehead atoms. The number of aliphatic hydroxyl groups excluding tert-OH is 1. The number of H-pyrrole nitrogens is 1. The Morgan fingerprint density at radius 1 is 1.41 bits per heavy atom. The fourth-order valence-corrected chi connectivity index (χ4v) is 3.94. The Balaban J connectivity index is 0.000000233. The smallest absolute Gasteiger partial charge is 0.219 e. The summed E-state index contributed by atoms with van der Waals surface area (Å²) >= 11 is 6.74. The van der Waals surface area contributed by atoms with E-state index in [0.717, 1.165) is 53.6 Å². The number of hydrogen-bond donors (Lipinski definition) is 2. The molecule has 8 nitrogen and oxygen atoms in total. The second-order valence-electron chi connectivity index (χ2n) is 7.41. The van der Waals surface area contributed by atoms with Gasteiger partial charge in [-0.15, -0.1) is 0 Å². The highest BCUT2D eigenvalue weighted by Gasteiger charge is 2.12. The molecule has 1 aliphatic carbocycles. The van der Waals surface area contributed by atoms with E-state index in [1.54, 1.807) is 31.5 Å². The van der Waals surface area contributed by atoms with E-state index in [4.69, 9.17) is 0 Å². The highest BCUT2D eigenvalue weighted by molar-refractivity contribution is 9.12. The first kappa shape index (κ1) is 26.1. The van der Waals surface area contributed by atoms with Crippen LogP contribution in [0.3, 0.4) is 0 Å². The SMILES string of the molecule is CC(=O)N(C)CCC1=CCC(CBr)=C(O)C(Br)=C1.CCCN=c1ncn(C)c2nc[nH]c12. The van der Waals surface area contributed by atoms with Gasteiger partial charge in [-0.25, -0.2) is 9.97 Å². The van der Waals surface area contributed by atoms with E-state index < -0.39 is 0 Å². The summed E-state index contributed by atoms with van der Waals surface area (Å²) in [6, 6.07) is 0. The van der Waals surface area contributed by atoms with Crippen molar-refractivity contribution < 1.29 is 9.90 Å². The number of amides is 1. The molecule has 0 aromatic carbocycles. The van der Waals surface area contributed by atoms with Gasteiger partial charge in [0, 0.05) is 39.4 Å². The van der Waals surface area contributed by atoms with Gasteiger partial charge in [-0.3, -0.25) is 9.79 Å². The highest BCUT2D eigenvalue weighted by atomic mass is 79.9. The molecular weight excluding hydrogens is 540 g/mol. The fourth-order valence-electron chi connectivity index (χ4n) is 2.87. The second kappa shape index (κ2) is 12.7. The van der Waals surface area contributed by atoms with Gasteiger partial charge in [-0.05, 0) is 52.4 Å². The van der Waals surface area contributed by atoms with Gasteiger partial charge in [0.25, 0.3) is 0 Å². The number of alkyl halides is 1. The number of carbonyl (C=O) groups is 1. The number of aryl methyl sites for hydroxylation is 1. The van der Waals surface area contributed by atoms with Crippen molar-refractivity contribution in [3.63, 3.8) is 0 Å². The Morgan fingerprint density at radius 2 is 2.16 bits per heavy atom. The first-order valence-corrected chi connectivity index (χ1v) is 12.3. The number of nitrogens with one attached hydrogen (secondary N) is 1. The number of aromatic nitrogens is 4. The van der Waals surface area contributed by atoms with E-state index in [9.17, 15) is 9.90 Å². The quantitative estimate of drug-likeness (QED) is 0.507. The Kier molecular flexibility index (Phi) is 10.4. The molecule has 0 fully saturated rings. The third-order valence-corrected chi connectivity index (χ3v) is 6.22. The van der Waals surface area contributed by atoms with E-state index in [1.165, 1.54) is 0 Å². The van der Waals surface area contributed by atoms with E-state index >= 15 is 0 Å². The summed E-state index contributed by atoms with van der Waals surface area (Å²) in [7, 11) is 3.71. The van der Waals surface area contributed by atoms with E-state index in [0.29, 0.717) is 22.1 Å². The molecule has 0 aliphatic heterocycles. The van der Waals surface area contributed by atoms with E-state index in [2.05, 4.69) is 64.8 Å². The lowest BCUT2D eigenvalue weighted by molar-refractivity contribution is -0.127. The van der Waals surface area contributed by atoms with Gasteiger partial charge < -0.3 is 19.6 Å². The maximum atomic E-state index is 11.1. The number of rotatable bonds is 6. The molecule has 3 rings (SSSR count). The molecule has 0 radical (unpaired) electrons. The number of allylic oxidation sites excluding steroid dienone is 4. The molecule has 2 aromatic heterocycles. The van der Waals surface area contributed by atoms with Gasteiger partial charge in [-0.1, -0.05) is 28.9 Å². The maximum absolute atomic E-state index is 11.1. The Bertz CT molecular complexity index is 1100. The molecule has 0 unspecified atom stereocenters. The van der Waals surface area contributed by atoms with Gasteiger partial charge in [-0.2, -0.15) is 0 Å². The zero-order valence-corrected chi connectivity index (χ0v) is 22.1. The third kappa shape index (κ3) is 7.16. The monoisotopic (exact) mass is 568 g/mol. The predicted molar refractivity (Wildman–Crippen MR) is 135 cm³/mol. The average molecular weight is 570 g/mol. The normalized spacial score (nSPS) is 14.5. The third-order valence-electron chi connectivity index (χ3n) is 4.93. The number of aromatic amines is 1. The van der Waals surface area contributed by atoms with Crippen molar-refractivity contribution in [1.82, 2.24) is 24.4 Å². The molecule has 1 amide bonds. The fraction of sp³-hybridized carbons (Fsp3) is 0.455. The van der Waals surface area contributed by atoms with Crippen LogP contribution in [0.15, 0.2) is 51.2 Å². The summed E-state index contributed by atoms with van der Waals surface area (Å²) < 4.78 is 2.57. The van der Waals surface area contributed by atoms with Gasteiger partial charge in [0.2, 0.25) is 5.91 Å². The van der Waals surface area contributed by atoms with Crippen LogP contribution in [0.1, 0.15) is 33.1 Å². The predicted octanol–water partition coefficient (Wildman–Crippen LogP) is 4.28. The highest BCUT2D eigenvalue weighted by Crippen LogP contribution is 2.28. The minimum atomic E-state index is 0.0642. The van der Waals surface area contributed by atoms with Gasteiger partial charge in [0.1, 0.15) is 11.3 Å². The van der Waals surface area contributed by atoms with Crippen LogP contribution in [0.5, 0.6) is 0 Å². The molecule has 10 heteroatoms. The topological polar surface area (TPSA) is 99.4 Å².